The van der Waals surface area contributed by atoms with Crippen LogP contribution in [0.2, 0.25) is 0 Å². The molecule has 10 heteroatoms. The number of nitrogens with one attached hydrogen (secondary N) is 1. The third kappa shape index (κ3) is 5.39. The van der Waals surface area contributed by atoms with E-state index in [0.29, 0.717) is 10.7 Å². The average molecular weight is 428 g/mol. The molecule has 9 nitrogen and oxygen atoms in total. The first-order chi connectivity index (χ1) is 14.3. The molecule has 0 radical (unpaired) electrons. The van der Waals surface area contributed by atoms with Gasteiger partial charge >= 0.3 is 11.9 Å². The number of aromatic hydroxyl groups is 1. The van der Waals surface area contributed by atoms with E-state index in [1.807, 2.05) is 0 Å². The van der Waals surface area contributed by atoms with Gasteiger partial charge in [-0.1, -0.05) is 12.1 Å². The molecular formula is C20H16N2O7S. The van der Waals surface area contributed by atoms with Gasteiger partial charge in [-0.05, 0) is 53.7 Å². The van der Waals surface area contributed by atoms with Gasteiger partial charge in [-0.2, -0.15) is 0 Å². The number of amides is 1. The van der Waals surface area contributed by atoms with Gasteiger partial charge in [0.25, 0.3) is 5.91 Å². The Morgan fingerprint density at radius 1 is 1.13 bits per heavy atom. The monoisotopic (exact) mass is 428 g/mol. The number of benzene rings is 2. The van der Waals surface area contributed by atoms with Gasteiger partial charge < -0.3 is 25.4 Å². The van der Waals surface area contributed by atoms with Crippen LogP contribution in [-0.4, -0.2) is 44.9 Å². The number of nitrogens with zero attached hydrogens (tertiary/aromatic N) is 1. The van der Waals surface area contributed by atoms with Crippen molar-refractivity contribution in [1.82, 2.24) is 5.32 Å². The zero-order valence-electron chi connectivity index (χ0n) is 15.4. The lowest BCUT2D eigenvalue weighted by Crippen LogP contribution is -2.19. The summed E-state index contributed by atoms with van der Waals surface area (Å²) in [5, 5.41) is 30.1. The molecule has 154 valence electrons. The predicted molar refractivity (Wildman–Crippen MR) is 110 cm³/mol. The number of amidine groups is 1. The molecule has 3 rings (SSSR count). The standard InChI is InChI=1S/C20H16N2O7S/c23-15-6-3-12(10-14(15)19(27)28)21-20-22-18(26)16(30-20)9-11-1-4-13(5-2-11)29-8-7-17(24)25/h1-6,9-10,23H,7-8H2,(H,24,25)(H,27,28)(H,21,22,26)/b16-9-. The molecule has 0 atom stereocenters. The summed E-state index contributed by atoms with van der Waals surface area (Å²) < 4.78 is 5.32. The van der Waals surface area contributed by atoms with Gasteiger partial charge in [0.1, 0.15) is 17.1 Å². The number of carbonyl (C=O) groups is 3. The van der Waals surface area contributed by atoms with Crippen molar-refractivity contribution in [3.8, 4) is 11.5 Å². The fourth-order valence-electron chi connectivity index (χ4n) is 2.43. The molecule has 0 bridgehead atoms. The molecule has 0 aliphatic carbocycles. The minimum atomic E-state index is -1.28. The van der Waals surface area contributed by atoms with Crippen molar-refractivity contribution in [2.24, 2.45) is 4.99 Å². The van der Waals surface area contributed by atoms with E-state index in [-0.39, 0.29) is 41.1 Å². The Kier molecular flexibility index (Phi) is 6.38. The summed E-state index contributed by atoms with van der Waals surface area (Å²) in [6.45, 7) is 0.0642. The molecule has 2 aromatic carbocycles. The van der Waals surface area contributed by atoms with Gasteiger partial charge in [0.2, 0.25) is 0 Å². The highest BCUT2D eigenvalue weighted by atomic mass is 32.2. The second kappa shape index (κ2) is 9.14. The summed E-state index contributed by atoms with van der Waals surface area (Å²) in [6.07, 6.45) is 1.56. The van der Waals surface area contributed by atoms with E-state index in [1.165, 1.54) is 18.2 Å². The van der Waals surface area contributed by atoms with Gasteiger partial charge in [0, 0.05) is 0 Å². The molecule has 0 aromatic heterocycles. The number of carboxylic acids is 2. The van der Waals surface area contributed by atoms with E-state index in [2.05, 4.69) is 10.3 Å². The third-order valence-electron chi connectivity index (χ3n) is 3.85. The smallest absolute Gasteiger partial charge is 0.339 e. The molecule has 30 heavy (non-hydrogen) atoms. The van der Waals surface area contributed by atoms with Gasteiger partial charge in [0.15, 0.2) is 5.17 Å². The first-order valence-electron chi connectivity index (χ1n) is 8.62. The van der Waals surface area contributed by atoms with Crippen molar-refractivity contribution in [3.63, 3.8) is 0 Å². The summed E-state index contributed by atoms with van der Waals surface area (Å²) in [7, 11) is 0. The molecule has 0 spiro atoms. The number of aliphatic imine (C=N–C) groups is 1. The lowest BCUT2D eigenvalue weighted by molar-refractivity contribution is -0.137. The van der Waals surface area contributed by atoms with Crippen LogP contribution in [-0.2, 0) is 9.59 Å². The fourth-order valence-corrected chi connectivity index (χ4v) is 3.27. The number of carboxylic acid groups (broad SMARTS) is 2. The van der Waals surface area contributed by atoms with E-state index in [4.69, 9.17) is 14.9 Å². The van der Waals surface area contributed by atoms with Crippen molar-refractivity contribution in [1.29, 1.82) is 0 Å². The Hall–Kier alpha value is -3.79. The Morgan fingerprint density at radius 2 is 1.87 bits per heavy atom. The quantitative estimate of drug-likeness (QED) is 0.493. The van der Waals surface area contributed by atoms with E-state index in [1.54, 1.807) is 30.3 Å². The molecule has 1 heterocycles. The minimum absolute atomic E-state index is 0.0642. The van der Waals surface area contributed by atoms with Crippen LogP contribution in [0, 0.1) is 0 Å². The number of aromatic carboxylic acids is 1. The van der Waals surface area contributed by atoms with E-state index >= 15 is 0 Å². The van der Waals surface area contributed by atoms with Crippen molar-refractivity contribution < 1.29 is 34.4 Å². The summed E-state index contributed by atoms with van der Waals surface area (Å²) in [6, 6.07) is 10.7. The second-order valence-electron chi connectivity index (χ2n) is 6.05. The molecule has 0 saturated carbocycles. The van der Waals surface area contributed by atoms with Crippen molar-refractivity contribution >= 4 is 46.5 Å². The van der Waals surface area contributed by atoms with Crippen molar-refractivity contribution in [2.45, 2.75) is 6.42 Å². The molecule has 4 N–H and O–H groups in total. The Bertz CT molecular complexity index is 1060. The van der Waals surface area contributed by atoms with Crippen LogP contribution in [0.25, 0.3) is 6.08 Å². The Morgan fingerprint density at radius 3 is 2.53 bits per heavy atom. The average Bonchev–Trinajstić information content (AvgIpc) is 3.03. The molecule has 0 unspecified atom stereocenters. The maximum atomic E-state index is 12.2. The van der Waals surface area contributed by atoms with Crippen LogP contribution in [0.5, 0.6) is 11.5 Å². The number of hydrogen-bond donors (Lipinski definition) is 4. The highest BCUT2D eigenvalue weighted by Crippen LogP contribution is 2.30. The number of aliphatic carboxylic acids is 1. The number of thioether (sulfide) groups is 1. The Labute approximate surface area is 174 Å². The highest BCUT2D eigenvalue weighted by Gasteiger charge is 2.24. The first kappa shape index (κ1) is 20.9. The lowest BCUT2D eigenvalue weighted by Gasteiger charge is -2.04. The number of phenols is 1. The van der Waals surface area contributed by atoms with Gasteiger partial charge in [-0.3, -0.25) is 9.59 Å². The minimum Gasteiger partial charge on any atom is -0.507 e. The molecule has 1 amide bonds. The van der Waals surface area contributed by atoms with Gasteiger partial charge in [-0.15, -0.1) is 0 Å². The normalized spacial score (nSPS) is 15.9. The van der Waals surface area contributed by atoms with Crippen molar-refractivity contribution in [3.05, 3.63) is 58.5 Å². The summed E-state index contributed by atoms with van der Waals surface area (Å²) in [4.78, 5) is 38.4. The summed E-state index contributed by atoms with van der Waals surface area (Å²) >= 11 is 1.09. The molecule has 1 aliphatic rings. The maximum absolute atomic E-state index is 12.2. The van der Waals surface area contributed by atoms with Crippen LogP contribution >= 0.6 is 11.8 Å². The van der Waals surface area contributed by atoms with Crippen molar-refractivity contribution in [2.75, 3.05) is 6.61 Å². The fraction of sp³-hybridized carbons (Fsp3) is 0.100. The largest absolute Gasteiger partial charge is 0.507 e. The zero-order valence-corrected chi connectivity index (χ0v) is 16.2. The van der Waals surface area contributed by atoms with Gasteiger partial charge in [-0.25, -0.2) is 9.79 Å². The summed E-state index contributed by atoms with van der Waals surface area (Å²) in [5.41, 5.74) is 0.724. The third-order valence-corrected chi connectivity index (χ3v) is 4.76. The Balaban J connectivity index is 1.70. The molecular weight excluding hydrogens is 412 g/mol. The van der Waals surface area contributed by atoms with E-state index in [9.17, 15) is 19.5 Å². The van der Waals surface area contributed by atoms with Crippen LogP contribution < -0.4 is 10.1 Å². The number of carbonyl (C=O) groups excluding carboxylic acids is 1. The number of ether oxygens (including phenoxy) is 1. The van der Waals surface area contributed by atoms with Gasteiger partial charge in [0.05, 0.1) is 23.6 Å². The van der Waals surface area contributed by atoms with Crippen LogP contribution in [0.4, 0.5) is 5.69 Å². The molecule has 1 aliphatic heterocycles. The van der Waals surface area contributed by atoms with E-state index in [0.717, 1.165) is 17.3 Å². The lowest BCUT2D eigenvalue weighted by atomic mass is 10.2. The predicted octanol–water partition coefficient (Wildman–Crippen LogP) is 2.84. The highest BCUT2D eigenvalue weighted by molar-refractivity contribution is 8.18. The maximum Gasteiger partial charge on any atom is 0.339 e. The van der Waals surface area contributed by atoms with Crippen LogP contribution in [0.3, 0.4) is 0 Å². The first-order valence-corrected chi connectivity index (χ1v) is 9.44. The molecule has 1 saturated heterocycles. The number of hydrogen-bond acceptors (Lipinski definition) is 7. The zero-order chi connectivity index (χ0) is 21.7. The SMILES string of the molecule is O=C(O)CCOc1ccc(/C=C2\SC(=Nc3ccc(O)c(C(=O)O)c3)NC2=O)cc1. The second-order valence-corrected chi connectivity index (χ2v) is 7.08. The number of rotatable bonds is 7. The molecule has 1 fully saturated rings. The van der Waals surface area contributed by atoms with Crippen LogP contribution in [0.15, 0.2) is 52.4 Å². The topological polar surface area (TPSA) is 146 Å². The molecule has 2 aromatic rings. The van der Waals surface area contributed by atoms with E-state index < -0.39 is 11.9 Å². The van der Waals surface area contributed by atoms with Crippen LogP contribution in [0.1, 0.15) is 22.3 Å². The summed E-state index contributed by atoms with van der Waals surface area (Å²) in [5.74, 6) is -2.42.